The number of hydrogen-bond acceptors (Lipinski definition) is 3. The van der Waals surface area contributed by atoms with Crippen LogP contribution < -0.4 is 4.74 Å². The maximum atomic E-state index is 11.9. The fourth-order valence-corrected chi connectivity index (χ4v) is 2.09. The molecular weight excluding hydrogens is 322 g/mol. The highest BCUT2D eigenvalue weighted by molar-refractivity contribution is 9.10. The summed E-state index contributed by atoms with van der Waals surface area (Å²) in [6.45, 7) is 3.92. The van der Waals surface area contributed by atoms with Crippen LogP contribution in [-0.2, 0) is 4.79 Å². The molecule has 1 N–H and O–H groups in total. The smallest absolute Gasteiger partial charge is 0.222 e. The van der Waals surface area contributed by atoms with E-state index < -0.39 is 0 Å². The zero-order valence-electron chi connectivity index (χ0n) is 11.8. The van der Waals surface area contributed by atoms with Crippen LogP contribution in [0.15, 0.2) is 28.7 Å². The van der Waals surface area contributed by atoms with E-state index >= 15 is 0 Å². The molecule has 0 bridgehead atoms. The largest absolute Gasteiger partial charge is 0.494 e. The quantitative estimate of drug-likeness (QED) is 0.701. The number of aliphatic hydroxyl groups excluding tert-OH is 1. The number of aliphatic hydroxyl groups is 1. The van der Waals surface area contributed by atoms with Crippen molar-refractivity contribution in [2.75, 3.05) is 26.3 Å². The summed E-state index contributed by atoms with van der Waals surface area (Å²) in [5.74, 6) is 0.939. The van der Waals surface area contributed by atoms with Gasteiger partial charge in [0.1, 0.15) is 5.75 Å². The number of rotatable bonds is 9. The van der Waals surface area contributed by atoms with Crippen LogP contribution in [0, 0.1) is 0 Å². The van der Waals surface area contributed by atoms with Crippen molar-refractivity contribution in [3.8, 4) is 5.75 Å². The van der Waals surface area contributed by atoms with Crippen molar-refractivity contribution in [1.82, 2.24) is 4.90 Å². The summed E-state index contributed by atoms with van der Waals surface area (Å²) in [6.07, 6.45) is 1.81. The first kappa shape index (κ1) is 17.0. The van der Waals surface area contributed by atoms with Gasteiger partial charge in [-0.3, -0.25) is 4.79 Å². The van der Waals surface area contributed by atoms with Crippen LogP contribution in [0.5, 0.6) is 5.75 Å². The highest BCUT2D eigenvalue weighted by atomic mass is 79.9. The zero-order chi connectivity index (χ0) is 14.8. The van der Waals surface area contributed by atoms with Crippen LogP contribution in [0.3, 0.4) is 0 Å². The molecule has 0 saturated heterocycles. The van der Waals surface area contributed by atoms with E-state index in [1.807, 2.05) is 31.2 Å². The molecule has 1 aromatic carbocycles. The normalized spacial score (nSPS) is 10.3. The number of carbonyl (C=O) groups is 1. The third-order valence-corrected chi connectivity index (χ3v) is 3.47. The second kappa shape index (κ2) is 9.77. The van der Waals surface area contributed by atoms with Gasteiger partial charge >= 0.3 is 0 Å². The zero-order valence-corrected chi connectivity index (χ0v) is 13.4. The second-order valence-corrected chi connectivity index (χ2v) is 5.37. The summed E-state index contributed by atoms with van der Waals surface area (Å²) in [7, 11) is 0. The van der Waals surface area contributed by atoms with Crippen LogP contribution >= 0.6 is 15.9 Å². The minimum absolute atomic E-state index is 0.121. The Balaban J connectivity index is 2.22. The standard InChI is InChI=1S/C15H22BrNO3/c1-2-17(10-4-11-18)15(19)5-3-12-20-14-8-6-13(16)7-9-14/h6-9,18H,2-5,10-12H2,1H3. The molecular formula is C15H22BrNO3. The highest BCUT2D eigenvalue weighted by Crippen LogP contribution is 2.16. The Bertz CT molecular complexity index is 395. The number of halogens is 1. The average Bonchev–Trinajstić information content (AvgIpc) is 2.46. The first-order valence-electron chi connectivity index (χ1n) is 6.94. The molecule has 0 aliphatic heterocycles. The van der Waals surface area contributed by atoms with Crippen LogP contribution in [0.25, 0.3) is 0 Å². The molecule has 0 atom stereocenters. The van der Waals surface area contributed by atoms with Gasteiger partial charge in [-0.2, -0.15) is 0 Å². The third kappa shape index (κ3) is 6.39. The van der Waals surface area contributed by atoms with E-state index in [0.29, 0.717) is 39.0 Å². The van der Waals surface area contributed by atoms with Crippen LogP contribution in [0.2, 0.25) is 0 Å². The molecule has 1 amide bonds. The van der Waals surface area contributed by atoms with E-state index in [9.17, 15) is 4.79 Å². The van der Waals surface area contributed by atoms with Gasteiger partial charge in [-0.15, -0.1) is 0 Å². The Labute approximate surface area is 128 Å². The average molecular weight is 344 g/mol. The maximum absolute atomic E-state index is 11.9. The topological polar surface area (TPSA) is 49.8 Å². The number of amides is 1. The Hall–Kier alpha value is -1.07. The lowest BCUT2D eigenvalue weighted by Crippen LogP contribution is -2.32. The minimum Gasteiger partial charge on any atom is -0.494 e. The molecule has 0 saturated carbocycles. The summed E-state index contributed by atoms with van der Waals surface area (Å²) >= 11 is 3.37. The predicted octanol–water partition coefficient (Wildman–Crippen LogP) is 2.84. The van der Waals surface area contributed by atoms with Crippen molar-refractivity contribution in [3.05, 3.63) is 28.7 Å². The molecule has 0 aromatic heterocycles. The summed E-state index contributed by atoms with van der Waals surface area (Å²) in [5.41, 5.74) is 0. The van der Waals surface area contributed by atoms with Gasteiger partial charge in [0.2, 0.25) is 5.91 Å². The van der Waals surface area contributed by atoms with Crippen molar-refractivity contribution in [1.29, 1.82) is 0 Å². The monoisotopic (exact) mass is 343 g/mol. The Morgan fingerprint density at radius 3 is 2.60 bits per heavy atom. The Morgan fingerprint density at radius 2 is 2.00 bits per heavy atom. The third-order valence-electron chi connectivity index (χ3n) is 2.94. The molecule has 0 fully saturated rings. The molecule has 0 heterocycles. The lowest BCUT2D eigenvalue weighted by Gasteiger charge is -2.20. The van der Waals surface area contributed by atoms with Crippen molar-refractivity contribution in [3.63, 3.8) is 0 Å². The molecule has 0 spiro atoms. The van der Waals surface area contributed by atoms with E-state index in [1.165, 1.54) is 0 Å². The maximum Gasteiger partial charge on any atom is 0.222 e. The number of nitrogens with zero attached hydrogens (tertiary/aromatic N) is 1. The number of benzene rings is 1. The summed E-state index contributed by atoms with van der Waals surface area (Å²) in [4.78, 5) is 13.7. The van der Waals surface area contributed by atoms with Crippen molar-refractivity contribution in [2.45, 2.75) is 26.2 Å². The van der Waals surface area contributed by atoms with Gasteiger partial charge in [0, 0.05) is 30.6 Å². The van der Waals surface area contributed by atoms with Gasteiger partial charge in [-0.1, -0.05) is 15.9 Å². The Morgan fingerprint density at radius 1 is 1.30 bits per heavy atom. The van der Waals surface area contributed by atoms with Crippen LogP contribution in [0.4, 0.5) is 0 Å². The van der Waals surface area contributed by atoms with Gasteiger partial charge in [-0.25, -0.2) is 0 Å². The summed E-state index contributed by atoms with van der Waals surface area (Å²) in [6, 6.07) is 7.64. The summed E-state index contributed by atoms with van der Waals surface area (Å²) < 4.78 is 6.59. The molecule has 1 rings (SSSR count). The van der Waals surface area contributed by atoms with Gasteiger partial charge < -0.3 is 14.7 Å². The summed E-state index contributed by atoms with van der Waals surface area (Å²) in [5, 5.41) is 8.79. The second-order valence-electron chi connectivity index (χ2n) is 4.46. The van der Waals surface area contributed by atoms with Gasteiger partial charge in [0.25, 0.3) is 0 Å². The van der Waals surface area contributed by atoms with E-state index in [1.54, 1.807) is 4.90 Å². The van der Waals surface area contributed by atoms with Gasteiger partial charge in [0.05, 0.1) is 6.61 Å². The number of hydrogen-bond donors (Lipinski definition) is 1. The molecule has 0 aliphatic rings. The number of carbonyl (C=O) groups excluding carboxylic acids is 1. The molecule has 20 heavy (non-hydrogen) atoms. The SMILES string of the molecule is CCN(CCCO)C(=O)CCCOc1ccc(Br)cc1. The molecule has 0 radical (unpaired) electrons. The highest BCUT2D eigenvalue weighted by Gasteiger charge is 2.10. The number of ether oxygens (including phenoxy) is 1. The van der Waals surface area contributed by atoms with Crippen molar-refractivity contribution in [2.24, 2.45) is 0 Å². The molecule has 1 aromatic rings. The molecule has 112 valence electrons. The lowest BCUT2D eigenvalue weighted by atomic mass is 10.2. The molecule has 4 nitrogen and oxygen atoms in total. The van der Waals surface area contributed by atoms with E-state index in [-0.39, 0.29) is 12.5 Å². The van der Waals surface area contributed by atoms with Crippen molar-refractivity contribution >= 4 is 21.8 Å². The predicted molar refractivity (Wildman–Crippen MR) is 82.8 cm³/mol. The molecule has 5 heteroatoms. The first-order chi connectivity index (χ1) is 9.67. The minimum atomic E-state index is 0.121. The first-order valence-corrected chi connectivity index (χ1v) is 7.73. The van der Waals surface area contributed by atoms with Crippen LogP contribution in [0.1, 0.15) is 26.2 Å². The van der Waals surface area contributed by atoms with E-state index in [0.717, 1.165) is 10.2 Å². The lowest BCUT2D eigenvalue weighted by molar-refractivity contribution is -0.131. The van der Waals surface area contributed by atoms with E-state index in [4.69, 9.17) is 9.84 Å². The fourth-order valence-electron chi connectivity index (χ4n) is 1.82. The molecule has 0 aliphatic carbocycles. The Kier molecular flexibility index (Phi) is 8.30. The van der Waals surface area contributed by atoms with Crippen molar-refractivity contribution < 1.29 is 14.6 Å². The van der Waals surface area contributed by atoms with Crippen LogP contribution in [-0.4, -0.2) is 42.2 Å². The molecule has 0 unspecified atom stereocenters. The fraction of sp³-hybridized carbons (Fsp3) is 0.533. The van der Waals surface area contributed by atoms with Gasteiger partial charge in [-0.05, 0) is 44.0 Å². The van der Waals surface area contributed by atoms with E-state index in [2.05, 4.69) is 15.9 Å². The van der Waals surface area contributed by atoms with Gasteiger partial charge in [0.15, 0.2) is 0 Å².